The van der Waals surface area contributed by atoms with Crippen LogP contribution in [0.15, 0.2) is 41.2 Å². The van der Waals surface area contributed by atoms with Crippen LogP contribution in [-0.4, -0.2) is 40.3 Å². The molecule has 0 spiro atoms. The van der Waals surface area contributed by atoms with Gasteiger partial charge in [0.2, 0.25) is 0 Å². The van der Waals surface area contributed by atoms with Crippen molar-refractivity contribution < 1.29 is 4.74 Å². The number of nitrogens with zero attached hydrogens (tertiary/aromatic N) is 2. The Labute approximate surface area is 148 Å². The van der Waals surface area contributed by atoms with Crippen LogP contribution in [0.4, 0.5) is 0 Å². The molecule has 2 fully saturated rings. The summed E-state index contributed by atoms with van der Waals surface area (Å²) in [6, 6.07) is 12.0. The number of benzene rings is 1. The molecule has 0 bridgehead atoms. The SMILES string of the molecule is O=c1ccc(-c2ccc(OC3CCN(C4CCCCC4)C3)cc2)n[nH]1. The Bertz CT molecular complexity index is 730. The fraction of sp³-hybridized carbons (Fsp3) is 0.500. The second-order valence-corrected chi connectivity index (χ2v) is 7.15. The smallest absolute Gasteiger partial charge is 0.264 e. The van der Waals surface area contributed by atoms with E-state index in [1.807, 2.05) is 24.3 Å². The zero-order valence-corrected chi connectivity index (χ0v) is 14.5. The Hall–Kier alpha value is -2.14. The minimum atomic E-state index is -0.188. The largest absolute Gasteiger partial charge is 0.489 e. The van der Waals surface area contributed by atoms with E-state index in [0.717, 1.165) is 42.6 Å². The summed E-state index contributed by atoms with van der Waals surface area (Å²) < 4.78 is 6.19. The maximum Gasteiger partial charge on any atom is 0.264 e. The molecule has 1 aliphatic carbocycles. The Morgan fingerprint density at radius 1 is 1.00 bits per heavy atom. The van der Waals surface area contributed by atoms with Gasteiger partial charge in [0.05, 0.1) is 5.69 Å². The monoisotopic (exact) mass is 339 g/mol. The molecule has 2 aliphatic rings. The average Bonchev–Trinajstić information content (AvgIpc) is 3.12. The van der Waals surface area contributed by atoms with Crippen molar-refractivity contribution in [3.05, 3.63) is 46.8 Å². The van der Waals surface area contributed by atoms with Gasteiger partial charge in [-0.25, -0.2) is 5.10 Å². The lowest BCUT2D eigenvalue weighted by molar-refractivity contribution is 0.155. The van der Waals surface area contributed by atoms with Crippen molar-refractivity contribution in [1.82, 2.24) is 15.1 Å². The molecule has 5 heteroatoms. The fourth-order valence-corrected chi connectivity index (χ4v) is 4.03. The van der Waals surface area contributed by atoms with Crippen molar-refractivity contribution in [2.75, 3.05) is 13.1 Å². The van der Waals surface area contributed by atoms with Gasteiger partial charge in [0.15, 0.2) is 0 Å². The molecule has 1 unspecified atom stereocenters. The van der Waals surface area contributed by atoms with E-state index in [2.05, 4.69) is 15.1 Å². The van der Waals surface area contributed by atoms with Crippen LogP contribution in [-0.2, 0) is 0 Å². The first-order chi connectivity index (χ1) is 12.3. The normalized spacial score (nSPS) is 22.2. The van der Waals surface area contributed by atoms with Crippen LogP contribution in [0.5, 0.6) is 5.75 Å². The van der Waals surface area contributed by atoms with Crippen molar-refractivity contribution in [3.8, 4) is 17.0 Å². The molecule has 1 N–H and O–H groups in total. The summed E-state index contributed by atoms with van der Waals surface area (Å²) in [7, 11) is 0. The fourth-order valence-electron chi connectivity index (χ4n) is 4.03. The highest BCUT2D eigenvalue weighted by molar-refractivity contribution is 5.59. The topological polar surface area (TPSA) is 58.2 Å². The number of aromatic amines is 1. The van der Waals surface area contributed by atoms with Gasteiger partial charge in [-0.2, -0.15) is 5.10 Å². The molecule has 1 aromatic carbocycles. The molecule has 132 valence electrons. The van der Waals surface area contributed by atoms with Crippen LogP contribution in [0.3, 0.4) is 0 Å². The summed E-state index contributed by atoms with van der Waals surface area (Å²) in [6.07, 6.45) is 8.28. The number of hydrogen-bond acceptors (Lipinski definition) is 4. The van der Waals surface area contributed by atoms with Crippen LogP contribution in [0.2, 0.25) is 0 Å². The Kier molecular flexibility index (Phi) is 4.83. The quantitative estimate of drug-likeness (QED) is 0.929. The second-order valence-electron chi connectivity index (χ2n) is 7.15. The van der Waals surface area contributed by atoms with Gasteiger partial charge in [-0.3, -0.25) is 9.69 Å². The first kappa shape index (κ1) is 16.3. The molecule has 1 aliphatic heterocycles. The number of ether oxygens (including phenoxy) is 1. The predicted molar refractivity (Wildman–Crippen MR) is 97.8 cm³/mol. The van der Waals surface area contributed by atoms with E-state index in [1.54, 1.807) is 6.07 Å². The number of likely N-dealkylation sites (tertiary alicyclic amines) is 1. The van der Waals surface area contributed by atoms with Crippen molar-refractivity contribution in [1.29, 1.82) is 0 Å². The number of rotatable bonds is 4. The molecular weight excluding hydrogens is 314 g/mol. The maximum atomic E-state index is 11.1. The molecule has 1 saturated heterocycles. The molecule has 2 heterocycles. The molecule has 1 aromatic heterocycles. The van der Waals surface area contributed by atoms with Crippen molar-refractivity contribution in [2.45, 2.75) is 50.7 Å². The summed E-state index contributed by atoms with van der Waals surface area (Å²) in [4.78, 5) is 13.7. The molecule has 4 rings (SSSR count). The molecule has 1 saturated carbocycles. The lowest BCUT2D eigenvalue weighted by atomic mass is 9.94. The molecular formula is C20H25N3O2. The minimum Gasteiger partial charge on any atom is -0.489 e. The summed E-state index contributed by atoms with van der Waals surface area (Å²) in [5, 5.41) is 6.52. The van der Waals surface area contributed by atoms with E-state index in [9.17, 15) is 4.79 Å². The van der Waals surface area contributed by atoms with Gasteiger partial charge in [-0.05, 0) is 49.6 Å². The van der Waals surface area contributed by atoms with Crippen molar-refractivity contribution in [3.63, 3.8) is 0 Å². The molecule has 0 radical (unpaired) electrons. The summed E-state index contributed by atoms with van der Waals surface area (Å²) in [5.41, 5.74) is 1.54. The second kappa shape index (κ2) is 7.40. The van der Waals surface area contributed by atoms with Crippen molar-refractivity contribution >= 4 is 0 Å². The van der Waals surface area contributed by atoms with E-state index in [1.165, 1.54) is 38.2 Å². The molecule has 2 aromatic rings. The van der Waals surface area contributed by atoms with Crippen LogP contribution in [0.1, 0.15) is 38.5 Å². The average molecular weight is 339 g/mol. The highest BCUT2D eigenvalue weighted by Gasteiger charge is 2.30. The van der Waals surface area contributed by atoms with Crippen LogP contribution in [0, 0.1) is 0 Å². The third-order valence-electron chi connectivity index (χ3n) is 5.40. The maximum absolute atomic E-state index is 11.1. The Balaban J connectivity index is 1.35. The first-order valence-electron chi connectivity index (χ1n) is 9.35. The summed E-state index contributed by atoms with van der Waals surface area (Å²) in [5.74, 6) is 0.906. The predicted octanol–water partition coefficient (Wildman–Crippen LogP) is 3.22. The van der Waals surface area contributed by atoms with Crippen LogP contribution >= 0.6 is 0 Å². The van der Waals surface area contributed by atoms with Crippen molar-refractivity contribution in [2.24, 2.45) is 0 Å². The number of nitrogens with one attached hydrogen (secondary N) is 1. The number of H-pyrrole nitrogens is 1. The lowest BCUT2D eigenvalue weighted by Gasteiger charge is -2.30. The molecule has 1 atom stereocenters. The lowest BCUT2D eigenvalue weighted by Crippen LogP contribution is -2.36. The molecule has 5 nitrogen and oxygen atoms in total. The van der Waals surface area contributed by atoms with E-state index in [0.29, 0.717) is 6.10 Å². The van der Waals surface area contributed by atoms with Crippen LogP contribution in [0.25, 0.3) is 11.3 Å². The number of hydrogen-bond donors (Lipinski definition) is 1. The standard InChI is InChI=1S/C20H25N3O2/c24-20-11-10-19(21-22-20)15-6-8-17(9-7-15)25-18-12-13-23(14-18)16-4-2-1-3-5-16/h6-11,16,18H,1-5,12-14H2,(H,22,24). The Morgan fingerprint density at radius 3 is 2.52 bits per heavy atom. The zero-order chi connectivity index (χ0) is 17.1. The third kappa shape index (κ3) is 3.93. The van der Waals surface area contributed by atoms with Crippen LogP contribution < -0.4 is 10.3 Å². The summed E-state index contributed by atoms with van der Waals surface area (Å²) in [6.45, 7) is 2.21. The van der Waals surface area contributed by atoms with Gasteiger partial charge < -0.3 is 4.74 Å². The van der Waals surface area contributed by atoms with Gasteiger partial charge in [-0.15, -0.1) is 0 Å². The van der Waals surface area contributed by atoms with E-state index in [4.69, 9.17) is 4.74 Å². The highest BCUT2D eigenvalue weighted by atomic mass is 16.5. The zero-order valence-electron chi connectivity index (χ0n) is 14.5. The van der Waals surface area contributed by atoms with E-state index < -0.39 is 0 Å². The first-order valence-corrected chi connectivity index (χ1v) is 9.35. The third-order valence-corrected chi connectivity index (χ3v) is 5.40. The van der Waals surface area contributed by atoms with E-state index >= 15 is 0 Å². The highest BCUT2D eigenvalue weighted by Crippen LogP contribution is 2.28. The Morgan fingerprint density at radius 2 is 1.80 bits per heavy atom. The molecule has 0 amide bonds. The van der Waals surface area contributed by atoms with Gasteiger partial charge in [-0.1, -0.05) is 19.3 Å². The van der Waals surface area contributed by atoms with Gasteiger partial charge >= 0.3 is 0 Å². The summed E-state index contributed by atoms with van der Waals surface area (Å²) >= 11 is 0. The number of aromatic nitrogens is 2. The molecule has 25 heavy (non-hydrogen) atoms. The van der Waals surface area contributed by atoms with E-state index in [-0.39, 0.29) is 5.56 Å². The van der Waals surface area contributed by atoms with Gasteiger partial charge in [0.25, 0.3) is 5.56 Å². The van der Waals surface area contributed by atoms with Gasteiger partial charge in [0.1, 0.15) is 11.9 Å². The van der Waals surface area contributed by atoms with Gasteiger partial charge in [0, 0.05) is 30.8 Å². The minimum absolute atomic E-state index is 0.188.